The smallest absolute Gasteiger partial charge is 0.264 e. The number of benzene rings is 1. The molecule has 20 heavy (non-hydrogen) atoms. The molecule has 1 amide bonds. The summed E-state index contributed by atoms with van der Waals surface area (Å²) in [6.45, 7) is 2.23. The minimum Gasteiger partial charge on any atom is -0.382 e. The Balaban J connectivity index is 1.55. The van der Waals surface area contributed by atoms with Crippen molar-refractivity contribution in [2.75, 3.05) is 0 Å². The molecule has 3 unspecified atom stereocenters. The van der Waals surface area contributed by atoms with Gasteiger partial charge in [0.1, 0.15) is 0 Å². The minimum atomic E-state index is -0.471. The number of amides is 1. The van der Waals surface area contributed by atoms with Gasteiger partial charge in [0.25, 0.3) is 5.91 Å². The summed E-state index contributed by atoms with van der Waals surface area (Å²) in [5.41, 5.74) is 1.88. The number of nitrogens with one attached hydrogen (secondary N) is 1. The van der Waals surface area contributed by atoms with Crippen molar-refractivity contribution >= 4 is 11.6 Å². The lowest BCUT2D eigenvalue weighted by molar-refractivity contribution is -0.131. The Bertz CT molecular complexity index is 512. The van der Waals surface area contributed by atoms with E-state index >= 15 is 0 Å². The van der Waals surface area contributed by atoms with Crippen LogP contribution in [-0.2, 0) is 9.63 Å². The van der Waals surface area contributed by atoms with Crippen LogP contribution in [0.5, 0.6) is 0 Å². The van der Waals surface area contributed by atoms with Crippen molar-refractivity contribution in [1.29, 1.82) is 0 Å². The van der Waals surface area contributed by atoms with E-state index in [0.717, 1.165) is 24.1 Å². The first-order valence-corrected chi connectivity index (χ1v) is 7.31. The lowest BCUT2D eigenvalue weighted by atomic mass is 10.0. The van der Waals surface area contributed by atoms with Crippen LogP contribution in [0.3, 0.4) is 0 Å². The fourth-order valence-corrected chi connectivity index (χ4v) is 2.95. The van der Waals surface area contributed by atoms with E-state index in [0.29, 0.717) is 18.4 Å². The van der Waals surface area contributed by atoms with Gasteiger partial charge in [-0.05, 0) is 30.7 Å². The van der Waals surface area contributed by atoms with E-state index in [1.165, 1.54) is 6.42 Å². The zero-order valence-corrected chi connectivity index (χ0v) is 11.7. The quantitative estimate of drug-likeness (QED) is 0.919. The maximum Gasteiger partial charge on any atom is 0.264 e. The molecule has 4 nitrogen and oxygen atoms in total. The number of oxime groups is 1. The van der Waals surface area contributed by atoms with E-state index in [2.05, 4.69) is 17.4 Å². The van der Waals surface area contributed by atoms with E-state index in [-0.39, 0.29) is 5.91 Å². The first kappa shape index (κ1) is 13.2. The Labute approximate surface area is 119 Å². The first-order valence-electron chi connectivity index (χ1n) is 7.31. The third-order valence-corrected chi connectivity index (χ3v) is 4.11. The Hall–Kier alpha value is -1.84. The molecule has 0 spiro atoms. The molecule has 1 aromatic rings. The number of nitrogens with zero attached hydrogens (tertiary/aromatic N) is 1. The van der Waals surface area contributed by atoms with Gasteiger partial charge in [-0.15, -0.1) is 0 Å². The highest BCUT2D eigenvalue weighted by Crippen LogP contribution is 2.25. The van der Waals surface area contributed by atoms with E-state index in [9.17, 15) is 4.79 Å². The maximum absolute atomic E-state index is 12.2. The van der Waals surface area contributed by atoms with Gasteiger partial charge in [-0.3, -0.25) is 4.79 Å². The van der Waals surface area contributed by atoms with E-state index < -0.39 is 6.10 Å². The highest BCUT2D eigenvalue weighted by Gasteiger charge is 2.31. The Morgan fingerprint density at radius 1 is 1.30 bits per heavy atom. The SMILES string of the molecule is CC1CCC(NC(=O)C2CC(c3ccccc3)=NO2)C1. The van der Waals surface area contributed by atoms with Crippen molar-refractivity contribution in [2.24, 2.45) is 11.1 Å². The van der Waals surface area contributed by atoms with E-state index in [4.69, 9.17) is 4.84 Å². The predicted molar refractivity (Wildman–Crippen MR) is 77.4 cm³/mol. The van der Waals surface area contributed by atoms with Crippen LogP contribution in [0.2, 0.25) is 0 Å². The van der Waals surface area contributed by atoms with Crippen molar-refractivity contribution in [3.63, 3.8) is 0 Å². The summed E-state index contributed by atoms with van der Waals surface area (Å²) < 4.78 is 0. The molecule has 2 aliphatic rings. The predicted octanol–water partition coefficient (Wildman–Crippen LogP) is 2.48. The van der Waals surface area contributed by atoms with Crippen LogP contribution >= 0.6 is 0 Å². The molecule has 0 saturated heterocycles. The molecule has 106 valence electrons. The fraction of sp³-hybridized carbons (Fsp3) is 0.500. The number of rotatable bonds is 3. The summed E-state index contributed by atoms with van der Waals surface area (Å²) >= 11 is 0. The molecule has 3 rings (SSSR count). The molecule has 1 aliphatic heterocycles. The van der Waals surface area contributed by atoms with Crippen molar-refractivity contribution in [1.82, 2.24) is 5.32 Å². The minimum absolute atomic E-state index is 0.0289. The Morgan fingerprint density at radius 3 is 2.80 bits per heavy atom. The third-order valence-electron chi connectivity index (χ3n) is 4.11. The number of hydrogen-bond acceptors (Lipinski definition) is 3. The standard InChI is InChI=1S/C16H20N2O2/c1-11-7-8-13(9-11)17-16(19)15-10-14(18-20-15)12-5-3-2-4-6-12/h2-6,11,13,15H,7-10H2,1H3,(H,17,19). The van der Waals surface area contributed by atoms with Gasteiger partial charge in [-0.25, -0.2) is 0 Å². The molecule has 1 aromatic carbocycles. The van der Waals surface area contributed by atoms with Crippen LogP contribution in [-0.4, -0.2) is 23.8 Å². The highest BCUT2D eigenvalue weighted by molar-refractivity contribution is 6.04. The first-order chi connectivity index (χ1) is 9.72. The summed E-state index contributed by atoms with van der Waals surface area (Å²) in [6.07, 6.45) is 3.43. The lowest BCUT2D eigenvalue weighted by Gasteiger charge is -2.15. The summed E-state index contributed by atoms with van der Waals surface area (Å²) in [4.78, 5) is 17.5. The summed E-state index contributed by atoms with van der Waals surface area (Å²) in [7, 11) is 0. The van der Waals surface area contributed by atoms with E-state index in [1.54, 1.807) is 0 Å². The number of carbonyl (C=O) groups is 1. The van der Waals surface area contributed by atoms with Crippen LogP contribution in [0.1, 0.15) is 38.2 Å². The topological polar surface area (TPSA) is 50.7 Å². The van der Waals surface area contributed by atoms with Gasteiger partial charge in [-0.1, -0.05) is 42.4 Å². The normalized spacial score (nSPS) is 28.9. The highest BCUT2D eigenvalue weighted by atomic mass is 16.6. The fourth-order valence-electron chi connectivity index (χ4n) is 2.95. The lowest BCUT2D eigenvalue weighted by Crippen LogP contribution is -2.40. The number of hydrogen-bond donors (Lipinski definition) is 1. The van der Waals surface area contributed by atoms with Gasteiger partial charge in [0.05, 0.1) is 5.71 Å². The molecule has 1 saturated carbocycles. The molecular weight excluding hydrogens is 252 g/mol. The largest absolute Gasteiger partial charge is 0.382 e. The molecule has 1 N–H and O–H groups in total. The second-order valence-corrected chi connectivity index (χ2v) is 5.83. The third kappa shape index (κ3) is 2.84. The summed E-state index contributed by atoms with van der Waals surface area (Å²) in [6, 6.07) is 10.2. The van der Waals surface area contributed by atoms with Crippen molar-refractivity contribution in [3.05, 3.63) is 35.9 Å². The summed E-state index contributed by atoms with van der Waals surface area (Å²) in [5.74, 6) is 0.680. The van der Waals surface area contributed by atoms with Gasteiger partial charge in [0.2, 0.25) is 6.10 Å². The Kier molecular flexibility index (Phi) is 3.72. The van der Waals surface area contributed by atoms with Crippen LogP contribution in [0, 0.1) is 5.92 Å². The maximum atomic E-state index is 12.2. The van der Waals surface area contributed by atoms with Crippen molar-refractivity contribution < 1.29 is 9.63 Å². The second kappa shape index (κ2) is 5.65. The van der Waals surface area contributed by atoms with Gasteiger partial charge < -0.3 is 10.2 Å². The molecular formula is C16H20N2O2. The van der Waals surface area contributed by atoms with Crippen molar-refractivity contribution in [3.8, 4) is 0 Å². The zero-order chi connectivity index (χ0) is 13.9. The molecule has 4 heteroatoms. The average molecular weight is 272 g/mol. The second-order valence-electron chi connectivity index (χ2n) is 5.83. The molecule has 3 atom stereocenters. The average Bonchev–Trinajstić information content (AvgIpc) is 3.09. The molecule has 1 fully saturated rings. The molecule has 0 aromatic heterocycles. The Morgan fingerprint density at radius 2 is 2.10 bits per heavy atom. The van der Waals surface area contributed by atoms with Crippen LogP contribution < -0.4 is 5.32 Å². The van der Waals surface area contributed by atoms with E-state index in [1.807, 2.05) is 30.3 Å². The zero-order valence-electron chi connectivity index (χ0n) is 11.7. The molecule has 1 aliphatic carbocycles. The van der Waals surface area contributed by atoms with Crippen molar-refractivity contribution in [2.45, 2.75) is 44.8 Å². The van der Waals surface area contributed by atoms with Crippen LogP contribution in [0.15, 0.2) is 35.5 Å². The van der Waals surface area contributed by atoms with Gasteiger partial charge in [-0.2, -0.15) is 0 Å². The van der Waals surface area contributed by atoms with Crippen LogP contribution in [0.4, 0.5) is 0 Å². The van der Waals surface area contributed by atoms with Gasteiger partial charge >= 0.3 is 0 Å². The van der Waals surface area contributed by atoms with Crippen LogP contribution in [0.25, 0.3) is 0 Å². The molecule has 0 radical (unpaired) electrons. The monoisotopic (exact) mass is 272 g/mol. The number of carbonyl (C=O) groups excluding carboxylic acids is 1. The van der Waals surface area contributed by atoms with Gasteiger partial charge in [0, 0.05) is 12.5 Å². The molecule has 1 heterocycles. The van der Waals surface area contributed by atoms with Gasteiger partial charge in [0.15, 0.2) is 0 Å². The molecule has 0 bridgehead atoms. The summed E-state index contributed by atoms with van der Waals surface area (Å²) in [5, 5.41) is 7.14.